The van der Waals surface area contributed by atoms with E-state index in [4.69, 9.17) is 0 Å². The molecule has 0 bridgehead atoms. The minimum absolute atomic E-state index is 0.0498. The van der Waals surface area contributed by atoms with Crippen LogP contribution in [0.5, 0.6) is 0 Å². The highest BCUT2D eigenvalue weighted by atomic mass is 16.2. The largest absolute Gasteiger partial charge is 0.360 e. The van der Waals surface area contributed by atoms with Crippen LogP contribution in [0.3, 0.4) is 0 Å². The Labute approximate surface area is 153 Å². The Balaban J connectivity index is 1.62. The predicted octanol–water partition coefficient (Wildman–Crippen LogP) is 1.47. The zero-order valence-electron chi connectivity index (χ0n) is 15.4. The van der Waals surface area contributed by atoms with Gasteiger partial charge in [-0.1, -0.05) is 13.3 Å². The highest BCUT2D eigenvalue weighted by Gasteiger charge is 2.24. The Bertz CT molecular complexity index is 716. The normalized spacial score (nSPS) is 14.4. The van der Waals surface area contributed by atoms with E-state index in [1.54, 1.807) is 24.5 Å². The van der Waals surface area contributed by atoms with Crippen molar-refractivity contribution < 1.29 is 4.79 Å². The van der Waals surface area contributed by atoms with E-state index in [1.165, 1.54) is 6.33 Å². The highest BCUT2D eigenvalue weighted by Crippen LogP contribution is 2.14. The summed E-state index contributed by atoms with van der Waals surface area (Å²) in [5.41, 5.74) is 0.447. The maximum atomic E-state index is 12.8. The predicted molar refractivity (Wildman–Crippen MR) is 100 cm³/mol. The third-order valence-electron chi connectivity index (χ3n) is 4.51. The fourth-order valence-corrected chi connectivity index (χ4v) is 2.91. The lowest BCUT2D eigenvalue weighted by Crippen LogP contribution is -2.49. The van der Waals surface area contributed by atoms with Gasteiger partial charge in [-0.05, 0) is 12.5 Å². The number of carbonyl (C=O) groups is 1. The quantitative estimate of drug-likeness (QED) is 0.776. The third kappa shape index (κ3) is 4.25. The Morgan fingerprint density at radius 2 is 1.85 bits per heavy atom. The van der Waals surface area contributed by atoms with Crippen LogP contribution in [-0.2, 0) is 0 Å². The van der Waals surface area contributed by atoms with Gasteiger partial charge in [-0.2, -0.15) is 0 Å². The first-order chi connectivity index (χ1) is 12.7. The Hall–Kier alpha value is -2.77. The van der Waals surface area contributed by atoms with Gasteiger partial charge in [0.05, 0.1) is 0 Å². The molecule has 1 saturated heterocycles. The molecule has 0 N–H and O–H groups in total. The highest BCUT2D eigenvalue weighted by molar-refractivity contribution is 5.93. The molecule has 1 aliphatic rings. The minimum atomic E-state index is -0.0498. The maximum Gasteiger partial charge on any atom is 0.272 e. The fourth-order valence-electron chi connectivity index (χ4n) is 2.91. The number of unbranched alkanes of at least 4 members (excludes halogenated alkanes) is 1. The van der Waals surface area contributed by atoms with E-state index in [2.05, 4.69) is 36.7 Å². The molecule has 0 atom stereocenters. The van der Waals surface area contributed by atoms with Gasteiger partial charge in [-0.3, -0.25) is 4.79 Å². The minimum Gasteiger partial charge on any atom is -0.360 e. The summed E-state index contributed by atoms with van der Waals surface area (Å²) in [7, 11) is 1.99. The van der Waals surface area contributed by atoms with Gasteiger partial charge >= 0.3 is 0 Å². The first-order valence-corrected chi connectivity index (χ1v) is 9.03. The lowest BCUT2D eigenvalue weighted by molar-refractivity contribution is 0.0740. The second-order valence-corrected chi connectivity index (χ2v) is 6.36. The lowest BCUT2D eigenvalue weighted by atomic mass is 10.2. The molecular formula is C18H25N7O. The zero-order valence-corrected chi connectivity index (χ0v) is 15.4. The fraction of sp³-hybridized carbons (Fsp3) is 0.500. The lowest BCUT2D eigenvalue weighted by Gasteiger charge is -2.34. The molecule has 8 nitrogen and oxygen atoms in total. The monoisotopic (exact) mass is 355 g/mol. The first kappa shape index (κ1) is 18.0. The molecule has 2 aromatic heterocycles. The molecule has 0 saturated carbocycles. The van der Waals surface area contributed by atoms with E-state index in [9.17, 15) is 4.79 Å². The molecule has 8 heteroatoms. The van der Waals surface area contributed by atoms with Gasteiger partial charge in [0, 0.05) is 58.2 Å². The summed E-state index contributed by atoms with van der Waals surface area (Å²) in [6, 6.07) is 3.58. The summed E-state index contributed by atoms with van der Waals surface area (Å²) in [4.78, 5) is 35.8. The Morgan fingerprint density at radius 3 is 2.54 bits per heavy atom. The summed E-state index contributed by atoms with van der Waals surface area (Å²) in [6.07, 6.45) is 7.15. The van der Waals surface area contributed by atoms with Crippen molar-refractivity contribution in [2.24, 2.45) is 0 Å². The smallest absolute Gasteiger partial charge is 0.272 e. The van der Waals surface area contributed by atoms with Crippen molar-refractivity contribution in [1.82, 2.24) is 24.8 Å². The molecule has 0 aliphatic carbocycles. The van der Waals surface area contributed by atoms with Gasteiger partial charge in [0.2, 0.25) is 5.95 Å². The maximum absolute atomic E-state index is 12.8. The molecule has 1 amide bonds. The van der Waals surface area contributed by atoms with E-state index >= 15 is 0 Å². The van der Waals surface area contributed by atoms with Crippen molar-refractivity contribution in [1.29, 1.82) is 0 Å². The van der Waals surface area contributed by atoms with Gasteiger partial charge < -0.3 is 14.7 Å². The molecule has 0 unspecified atom stereocenters. The van der Waals surface area contributed by atoms with Crippen molar-refractivity contribution in [2.75, 3.05) is 49.6 Å². The summed E-state index contributed by atoms with van der Waals surface area (Å²) >= 11 is 0. The number of amides is 1. The van der Waals surface area contributed by atoms with Gasteiger partial charge in [0.25, 0.3) is 5.91 Å². The summed E-state index contributed by atoms with van der Waals surface area (Å²) in [5, 5.41) is 0. The van der Waals surface area contributed by atoms with Crippen LogP contribution in [0.15, 0.2) is 30.9 Å². The average Bonchev–Trinajstić information content (AvgIpc) is 2.72. The van der Waals surface area contributed by atoms with Crippen molar-refractivity contribution in [3.63, 3.8) is 0 Å². The van der Waals surface area contributed by atoms with Crippen molar-refractivity contribution in [3.8, 4) is 0 Å². The van der Waals surface area contributed by atoms with E-state index in [0.717, 1.165) is 25.2 Å². The molecule has 1 aliphatic heterocycles. The van der Waals surface area contributed by atoms with E-state index < -0.39 is 0 Å². The number of nitrogens with zero attached hydrogens (tertiary/aromatic N) is 7. The molecule has 138 valence electrons. The second-order valence-electron chi connectivity index (χ2n) is 6.36. The van der Waals surface area contributed by atoms with Crippen LogP contribution in [0.25, 0.3) is 0 Å². The van der Waals surface area contributed by atoms with Crippen LogP contribution in [0.1, 0.15) is 30.3 Å². The van der Waals surface area contributed by atoms with Crippen molar-refractivity contribution in [2.45, 2.75) is 19.8 Å². The molecule has 0 spiro atoms. The number of rotatable bonds is 6. The number of carbonyl (C=O) groups excluding carboxylic acids is 1. The van der Waals surface area contributed by atoms with Gasteiger partial charge in [0.15, 0.2) is 0 Å². The molecule has 1 fully saturated rings. The topological polar surface area (TPSA) is 78.4 Å². The summed E-state index contributed by atoms with van der Waals surface area (Å²) in [5.74, 6) is 1.45. The van der Waals surface area contributed by atoms with Crippen LogP contribution in [0.4, 0.5) is 11.8 Å². The molecule has 2 aromatic rings. The zero-order chi connectivity index (χ0) is 18.4. The van der Waals surface area contributed by atoms with Crippen LogP contribution >= 0.6 is 0 Å². The molecule has 0 radical (unpaired) electrons. The molecule has 26 heavy (non-hydrogen) atoms. The number of piperazine rings is 1. The molecule has 3 heterocycles. The Morgan fingerprint density at radius 1 is 1.12 bits per heavy atom. The molecule has 0 aromatic carbocycles. The van der Waals surface area contributed by atoms with Crippen molar-refractivity contribution >= 4 is 17.7 Å². The SMILES string of the molecule is CCCCN(C)c1cc(C(=O)N2CCN(c3ncccn3)CC2)ncn1. The number of anilines is 2. The second kappa shape index (κ2) is 8.55. The van der Waals surface area contributed by atoms with Gasteiger partial charge in [-0.25, -0.2) is 19.9 Å². The first-order valence-electron chi connectivity index (χ1n) is 9.03. The third-order valence-corrected chi connectivity index (χ3v) is 4.51. The summed E-state index contributed by atoms with van der Waals surface area (Å²) < 4.78 is 0. The summed E-state index contributed by atoms with van der Waals surface area (Å²) in [6.45, 7) is 5.75. The Kier molecular flexibility index (Phi) is 5.93. The van der Waals surface area contributed by atoms with Crippen LogP contribution < -0.4 is 9.80 Å². The van der Waals surface area contributed by atoms with Crippen molar-refractivity contribution in [3.05, 3.63) is 36.5 Å². The molecule has 3 rings (SSSR count). The number of hydrogen-bond donors (Lipinski definition) is 0. The average molecular weight is 355 g/mol. The van der Waals surface area contributed by atoms with Gasteiger partial charge in [-0.15, -0.1) is 0 Å². The van der Waals surface area contributed by atoms with E-state index in [0.29, 0.717) is 37.8 Å². The number of hydrogen-bond acceptors (Lipinski definition) is 7. The van der Waals surface area contributed by atoms with E-state index in [-0.39, 0.29) is 5.91 Å². The van der Waals surface area contributed by atoms with Gasteiger partial charge in [0.1, 0.15) is 17.8 Å². The van der Waals surface area contributed by atoms with Crippen LogP contribution in [0.2, 0.25) is 0 Å². The van der Waals surface area contributed by atoms with Crippen LogP contribution in [-0.4, -0.2) is 70.5 Å². The molecular weight excluding hydrogens is 330 g/mol. The van der Waals surface area contributed by atoms with E-state index in [1.807, 2.05) is 11.9 Å². The number of aromatic nitrogens is 4. The standard InChI is InChI=1S/C18H25N7O/c1-3-4-8-23(2)16-13-15(21-14-22-16)17(26)24-9-11-25(12-10-24)18-19-6-5-7-20-18/h5-7,13-14H,3-4,8-12H2,1-2H3. The van der Waals surface area contributed by atoms with Crippen LogP contribution in [0, 0.1) is 0 Å².